The van der Waals surface area contributed by atoms with Gasteiger partial charge in [-0.25, -0.2) is 9.78 Å². The summed E-state index contributed by atoms with van der Waals surface area (Å²) in [6.07, 6.45) is 9.96. The number of urea groups is 1. The predicted molar refractivity (Wildman–Crippen MR) is 184 cm³/mol. The molecule has 2 aliphatic carbocycles. The molecule has 1 aromatic heterocycles. The molecule has 6 N–H and O–H groups in total. The fraction of sp³-hybridized carbons (Fsp3) is 0.657. The van der Waals surface area contributed by atoms with Gasteiger partial charge in [0.25, 0.3) is 17.7 Å². The quantitative estimate of drug-likeness (QED) is 0.118. The second-order valence-corrected chi connectivity index (χ2v) is 15.4. The highest BCUT2D eigenvalue weighted by atomic mass is 16.2. The van der Waals surface area contributed by atoms with Crippen LogP contribution in [-0.2, 0) is 28.8 Å². The summed E-state index contributed by atoms with van der Waals surface area (Å²) >= 11 is 0. The highest BCUT2D eigenvalue weighted by Crippen LogP contribution is 2.34. The fourth-order valence-corrected chi connectivity index (χ4v) is 7.17. The topological polar surface area (TPSA) is 238 Å². The predicted octanol–water partition coefficient (Wildman–Crippen LogP) is -0.00210. The molecule has 3 heterocycles. The van der Waals surface area contributed by atoms with E-state index in [-0.39, 0.29) is 30.5 Å². The van der Waals surface area contributed by atoms with Gasteiger partial charge in [0.15, 0.2) is 0 Å². The number of ketones is 1. The molecule has 282 valence electrons. The molecule has 0 bridgehead atoms. The zero-order chi connectivity index (χ0) is 37.8. The van der Waals surface area contributed by atoms with E-state index in [0.29, 0.717) is 19.3 Å². The van der Waals surface area contributed by atoms with Gasteiger partial charge in [-0.2, -0.15) is 0 Å². The van der Waals surface area contributed by atoms with Crippen molar-refractivity contribution in [3.63, 3.8) is 0 Å². The second-order valence-electron chi connectivity index (χ2n) is 15.4. The summed E-state index contributed by atoms with van der Waals surface area (Å²) in [7, 11) is 0. The molecule has 17 heteroatoms. The van der Waals surface area contributed by atoms with Crippen molar-refractivity contribution in [2.24, 2.45) is 11.3 Å². The molecule has 4 fully saturated rings. The normalized spacial score (nSPS) is 23.5. The van der Waals surface area contributed by atoms with Gasteiger partial charge in [-0.15, -0.1) is 0 Å². The van der Waals surface area contributed by atoms with Crippen LogP contribution in [0.15, 0.2) is 18.6 Å². The van der Waals surface area contributed by atoms with E-state index in [4.69, 9.17) is 0 Å². The number of hydrogen-bond acceptors (Lipinski definition) is 10. The smallest absolute Gasteiger partial charge is 0.322 e. The lowest BCUT2D eigenvalue weighted by atomic mass is 9.82. The van der Waals surface area contributed by atoms with E-state index in [2.05, 4.69) is 41.9 Å². The number of amides is 8. The van der Waals surface area contributed by atoms with E-state index in [1.807, 2.05) is 0 Å². The Labute approximate surface area is 302 Å². The van der Waals surface area contributed by atoms with E-state index in [1.54, 1.807) is 27.7 Å². The van der Waals surface area contributed by atoms with Gasteiger partial charge in [-0.05, 0) is 43.4 Å². The largest absolute Gasteiger partial charge is 0.347 e. The van der Waals surface area contributed by atoms with Gasteiger partial charge in [-0.3, -0.25) is 43.9 Å². The molecule has 2 saturated carbocycles. The zero-order valence-electron chi connectivity index (χ0n) is 30.1. The highest BCUT2D eigenvalue weighted by molar-refractivity contribution is 6.38. The number of Topliss-reactive ketones (excluding diaryl/α,β-unsaturated/α-hetero) is 1. The molecule has 2 aliphatic heterocycles. The van der Waals surface area contributed by atoms with Crippen LogP contribution in [0.2, 0.25) is 0 Å². The average molecular weight is 724 g/mol. The summed E-state index contributed by atoms with van der Waals surface area (Å²) in [5, 5.41) is 15.7. The number of hydrogen-bond donors (Lipinski definition) is 6. The van der Waals surface area contributed by atoms with Crippen molar-refractivity contribution in [2.75, 3.05) is 6.54 Å². The molecule has 0 aromatic carbocycles. The van der Waals surface area contributed by atoms with Crippen molar-refractivity contribution in [3.8, 4) is 0 Å². The van der Waals surface area contributed by atoms with Gasteiger partial charge in [0.2, 0.25) is 23.5 Å². The summed E-state index contributed by atoms with van der Waals surface area (Å²) in [5.41, 5.74) is -2.57. The number of aromatic nitrogens is 2. The monoisotopic (exact) mass is 723 g/mol. The van der Waals surface area contributed by atoms with Crippen LogP contribution in [-0.4, -0.2) is 104 Å². The number of likely N-dealkylation sites (tertiary alicyclic amines) is 1. The Morgan fingerprint density at radius 1 is 0.981 bits per heavy atom. The SMILES string of the molecule is CCCC(NC(=O)C1CC2(CN1C(=O)C(NC(=O)[C@@H](NC(=O)c1cnccn1)C1CCCCC1)C(C)(C)C)NC(=O)NC2=O)C(=O)C(=O)NC1CC1. The number of carbonyl (C=O) groups excluding carboxylic acids is 8. The Hall–Kier alpha value is -4.96. The van der Waals surface area contributed by atoms with E-state index in [0.717, 1.165) is 37.0 Å². The minimum absolute atomic E-state index is 0.0255. The molecule has 8 amide bonds. The first-order chi connectivity index (χ1) is 24.6. The maximum Gasteiger partial charge on any atom is 0.322 e. The van der Waals surface area contributed by atoms with Gasteiger partial charge < -0.3 is 31.5 Å². The van der Waals surface area contributed by atoms with Crippen LogP contribution in [0.5, 0.6) is 0 Å². The number of imide groups is 1. The summed E-state index contributed by atoms with van der Waals surface area (Å²) in [4.78, 5) is 116. The van der Waals surface area contributed by atoms with Crippen LogP contribution in [0.4, 0.5) is 4.79 Å². The molecule has 0 radical (unpaired) electrons. The zero-order valence-corrected chi connectivity index (χ0v) is 30.1. The molecule has 5 atom stereocenters. The van der Waals surface area contributed by atoms with Gasteiger partial charge in [0, 0.05) is 24.9 Å². The molecule has 1 spiro atoms. The molecule has 17 nitrogen and oxygen atoms in total. The lowest BCUT2D eigenvalue weighted by molar-refractivity contribution is -0.145. The first-order valence-electron chi connectivity index (χ1n) is 18.1. The van der Waals surface area contributed by atoms with Crippen LogP contribution >= 0.6 is 0 Å². The van der Waals surface area contributed by atoms with Crippen molar-refractivity contribution in [1.29, 1.82) is 0 Å². The molecule has 1 aromatic rings. The van der Waals surface area contributed by atoms with Crippen LogP contribution < -0.4 is 31.9 Å². The van der Waals surface area contributed by atoms with Gasteiger partial charge >= 0.3 is 6.03 Å². The molecule has 4 unspecified atom stereocenters. The van der Waals surface area contributed by atoms with E-state index >= 15 is 0 Å². The highest BCUT2D eigenvalue weighted by Gasteiger charge is 2.58. The second kappa shape index (κ2) is 15.7. The average Bonchev–Trinajstić information content (AvgIpc) is 3.77. The minimum atomic E-state index is -1.65. The number of carbonyl (C=O) groups is 8. The van der Waals surface area contributed by atoms with E-state index in [9.17, 15) is 38.4 Å². The Morgan fingerprint density at radius 3 is 2.27 bits per heavy atom. The third-order valence-corrected chi connectivity index (χ3v) is 10.2. The van der Waals surface area contributed by atoms with Crippen molar-refractivity contribution >= 4 is 47.3 Å². The Bertz CT molecular complexity index is 1590. The van der Waals surface area contributed by atoms with Gasteiger partial charge in [-0.1, -0.05) is 53.4 Å². The van der Waals surface area contributed by atoms with E-state index in [1.165, 1.54) is 18.6 Å². The summed E-state index contributed by atoms with van der Waals surface area (Å²) in [5.74, 6) is -5.28. The minimum Gasteiger partial charge on any atom is -0.347 e. The Morgan fingerprint density at radius 2 is 1.69 bits per heavy atom. The number of nitrogens with one attached hydrogen (secondary N) is 6. The first kappa shape index (κ1) is 38.3. The molecule has 52 heavy (non-hydrogen) atoms. The Balaban J connectivity index is 1.41. The van der Waals surface area contributed by atoms with Crippen molar-refractivity contribution in [3.05, 3.63) is 24.3 Å². The van der Waals surface area contributed by atoms with Crippen molar-refractivity contribution < 1.29 is 38.4 Å². The van der Waals surface area contributed by atoms with E-state index < -0.39 is 88.9 Å². The maximum atomic E-state index is 14.6. The molecular weight excluding hydrogens is 674 g/mol. The molecule has 5 rings (SSSR count). The third-order valence-electron chi connectivity index (χ3n) is 10.2. The van der Waals surface area contributed by atoms with Gasteiger partial charge in [0.05, 0.1) is 18.8 Å². The van der Waals surface area contributed by atoms with Crippen molar-refractivity contribution in [2.45, 2.75) is 128 Å². The van der Waals surface area contributed by atoms with Crippen molar-refractivity contribution in [1.82, 2.24) is 46.8 Å². The van der Waals surface area contributed by atoms with Crippen LogP contribution in [0.3, 0.4) is 0 Å². The van der Waals surface area contributed by atoms with Crippen LogP contribution in [0.25, 0.3) is 0 Å². The summed E-state index contributed by atoms with van der Waals surface area (Å²) < 4.78 is 0. The summed E-state index contributed by atoms with van der Waals surface area (Å²) in [6, 6.07) is -5.69. The molecule has 4 aliphatic rings. The Kier molecular flexibility index (Phi) is 11.6. The van der Waals surface area contributed by atoms with Crippen LogP contribution in [0, 0.1) is 11.3 Å². The maximum absolute atomic E-state index is 14.6. The molecule has 2 saturated heterocycles. The number of nitrogens with zero attached hydrogens (tertiary/aromatic N) is 3. The fourth-order valence-electron chi connectivity index (χ4n) is 7.17. The standard InChI is InChI=1S/C35H49N9O8/c1-5-9-21(25(45)30(49)38-20-12-13-20)39-28(47)23-16-35(32(51)42-33(52)43-35)18-44(23)31(50)26(34(2,3)4)41-29(48)24(19-10-7-6-8-11-19)40-27(46)22-17-36-14-15-37-22/h14-15,17,19-21,23-24,26H,5-13,16,18H2,1-4H3,(H,38,49)(H,39,47)(H,40,46)(H,41,48)(H2,42,43,51,52)/t21?,23?,24-,26?,35?/m0/s1. The third kappa shape index (κ3) is 8.73. The lowest BCUT2D eigenvalue weighted by Crippen LogP contribution is -2.62. The molecular formula is C35H49N9O8. The number of rotatable bonds is 13. The first-order valence-corrected chi connectivity index (χ1v) is 18.1. The summed E-state index contributed by atoms with van der Waals surface area (Å²) in [6.45, 7) is 6.57. The lowest BCUT2D eigenvalue weighted by Gasteiger charge is -2.37. The van der Waals surface area contributed by atoms with Gasteiger partial charge in [0.1, 0.15) is 29.4 Å². The van der Waals surface area contributed by atoms with Crippen LogP contribution in [0.1, 0.15) is 102 Å².